The van der Waals surface area contributed by atoms with Gasteiger partial charge in [0.1, 0.15) is 0 Å². The van der Waals surface area contributed by atoms with Crippen molar-refractivity contribution >= 4 is 0 Å². The average molecular weight is 403 g/mol. The van der Waals surface area contributed by atoms with Gasteiger partial charge in [0.05, 0.1) is 5.41 Å². The summed E-state index contributed by atoms with van der Waals surface area (Å²) in [5, 5.41) is 0. The highest BCUT2D eigenvalue weighted by Crippen LogP contribution is 2.49. The third kappa shape index (κ3) is 9.56. The van der Waals surface area contributed by atoms with Crippen molar-refractivity contribution < 1.29 is 18.9 Å². The normalized spacial score (nSPS) is 14.4. The van der Waals surface area contributed by atoms with E-state index in [0.717, 1.165) is 45.3 Å². The lowest BCUT2D eigenvalue weighted by molar-refractivity contribution is -0.432. The molecule has 0 aromatic heterocycles. The van der Waals surface area contributed by atoms with Gasteiger partial charge in [-0.2, -0.15) is 0 Å². The lowest BCUT2D eigenvalue weighted by Gasteiger charge is -2.49. The maximum absolute atomic E-state index is 6.30. The third-order valence-electron chi connectivity index (χ3n) is 5.54. The van der Waals surface area contributed by atoms with Gasteiger partial charge in [-0.15, -0.1) is 0 Å². The van der Waals surface area contributed by atoms with Crippen molar-refractivity contribution in [2.24, 2.45) is 5.41 Å². The molecule has 0 saturated heterocycles. The first kappa shape index (κ1) is 27.8. The summed E-state index contributed by atoms with van der Waals surface area (Å²) in [6.45, 7) is 16.0. The van der Waals surface area contributed by atoms with Gasteiger partial charge in [-0.05, 0) is 53.4 Å². The largest absolute Gasteiger partial charge is 0.382 e. The Morgan fingerprint density at radius 2 is 1.04 bits per heavy atom. The second-order valence-corrected chi connectivity index (χ2v) is 7.70. The fraction of sp³-hybridized carbons (Fsp3) is 1.00. The van der Waals surface area contributed by atoms with Crippen LogP contribution in [-0.2, 0) is 18.9 Å². The van der Waals surface area contributed by atoms with E-state index >= 15 is 0 Å². The standard InChI is InChI=1S/C24H50O4/c1-7-13-14-15-16-17-20-23(19-8-2,21-18-22-25-9-3)24(26-10-4,27-11-5)28-12-6/h7-22H2,1-6H3. The van der Waals surface area contributed by atoms with E-state index in [-0.39, 0.29) is 5.41 Å². The van der Waals surface area contributed by atoms with Gasteiger partial charge in [0.15, 0.2) is 0 Å². The van der Waals surface area contributed by atoms with E-state index in [9.17, 15) is 0 Å². The molecule has 1 atom stereocenters. The van der Waals surface area contributed by atoms with Crippen molar-refractivity contribution in [2.75, 3.05) is 33.0 Å². The molecule has 0 rings (SSSR count). The lowest BCUT2D eigenvalue weighted by atomic mass is 9.72. The quantitative estimate of drug-likeness (QED) is 0.151. The molecule has 0 aromatic rings. The minimum Gasteiger partial charge on any atom is -0.382 e. The van der Waals surface area contributed by atoms with Crippen molar-refractivity contribution in [2.45, 2.75) is 118 Å². The molecule has 0 N–H and O–H groups in total. The Labute approximate surface area is 176 Å². The molecule has 0 radical (unpaired) electrons. The minimum absolute atomic E-state index is 0.133. The average Bonchev–Trinajstić information content (AvgIpc) is 2.68. The molecule has 0 aromatic carbocycles. The van der Waals surface area contributed by atoms with Crippen molar-refractivity contribution in [3.63, 3.8) is 0 Å². The second kappa shape index (κ2) is 17.7. The van der Waals surface area contributed by atoms with Crippen LogP contribution in [0.4, 0.5) is 0 Å². The molecule has 0 spiro atoms. The van der Waals surface area contributed by atoms with Crippen LogP contribution in [-0.4, -0.2) is 39.0 Å². The third-order valence-corrected chi connectivity index (χ3v) is 5.54. The second-order valence-electron chi connectivity index (χ2n) is 7.70. The number of unbranched alkanes of at least 4 members (excludes halogenated alkanes) is 5. The maximum atomic E-state index is 6.30. The molecule has 4 heteroatoms. The van der Waals surface area contributed by atoms with E-state index < -0.39 is 5.97 Å². The number of hydrogen-bond donors (Lipinski definition) is 0. The predicted octanol–water partition coefficient (Wildman–Crippen LogP) is 7.10. The van der Waals surface area contributed by atoms with E-state index in [4.69, 9.17) is 18.9 Å². The lowest BCUT2D eigenvalue weighted by Crippen LogP contribution is -2.55. The smallest absolute Gasteiger partial charge is 0.288 e. The highest BCUT2D eigenvalue weighted by atomic mass is 16.9. The molecular weight excluding hydrogens is 352 g/mol. The molecule has 0 aliphatic heterocycles. The summed E-state index contributed by atoms with van der Waals surface area (Å²) in [6.07, 6.45) is 13.0. The van der Waals surface area contributed by atoms with Gasteiger partial charge in [0.25, 0.3) is 5.97 Å². The van der Waals surface area contributed by atoms with Gasteiger partial charge >= 0.3 is 0 Å². The zero-order valence-electron chi connectivity index (χ0n) is 19.9. The van der Waals surface area contributed by atoms with Crippen LogP contribution in [0.3, 0.4) is 0 Å². The Kier molecular flexibility index (Phi) is 17.6. The summed E-state index contributed by atoms with van der Waals surface area (Å²) >= 11 is 0. The van der Waals surface area contributed by atoms with Crippen molar-refractivity contribution in [1.29, 1.82) is 0 Å². The first-order valence-electron chi connectivity index (χ1n) is 12.1. The molecule has 4 nitrogen and oxygen atoms in total. The zero-order chi connectivity index (χ0) is 21.1. The van der Waals surface area contributed by atoms with Crippen LogP contribution in [0.1, 0.15) is 112 Å². The molecule has 28 heavy (non-hydrogen) atoms. The molecule has 0 saturated carbocycles. The molecule has 0 bridgehead atoms. The summed E-state index contributed by atoms with van der Waals surface area (Å²) in [5.74, 6) is -0.948. The first-order valence-corrected chi connectivity index (χ1v) is 12.1. The molecular formula is C24H50O4. The Morgan fingerprint density at radius 3 is 1.54 bits per heavy atom. The molecule has 0 aliphatic rings. The SMILES string of the molecule is CCCCCCCCC(CCC)(CCCOCC)C(OCC)(OCC)OCC. The number of ether oxygens (including phenoxy) is 4. The molecule has 0 heterocycles. The van der Waals surface area contributed by atoms with Crippen LogP contribution in [0.15, 0.2) is 0 Å². The summed E-state index contributed by atoms with van der Waals surface area (Å²) in [5.41, 5.74) is -0.133. The van der Waals surface area contributed by atoms with Crippen LogP contribution < -0.4 is 0 Å². The van der Waals surface area contributed by atoms with Crippen LogP contribution in [0, 0.1) is 5.41 Å². The minimum atomic E-state index is -0.948. The van der Waals surface area contributed by atoms with E-state index in [0.29, 0.717) is 19.8 Å². The Balaban J connectivity index is 5.48. The number of rotatable bonds is 21. The Hall–Kier alpha value is -0.160. The fourth-order valence-electron chi connectivity index (χ4n) is 4.37. The van der Waals surface area contributed by atoms with Crippen LogP contribution in [0.5, 0.6) is 0 Å². The maximum Gasteiger partial charge on any atom is 0.288 e. The summed E-state index contributed by atoms with van der Waals surface area (Å²) < 4.78 is 24.5. The summed E-state index contributed by atoms with van der Waals surface area (Å²) in [4.78, 5) is 0. The highest BCUT2D eigenvalue weighted by Gasteiger charge is 2.53. The molecule has 0 aliphatic carbocycles. The van der Waals surface area contributed by atoms with Gasteiger partial charge in [0.2, 0.25) is 0 Å². The monoisotopic (exact) mass is 402 g/mol. The van der Waals surface area contributed by atoms with Crippen LogP contribution >= 0.6 is 0 Å². The van der Waals surface area contributed by atoms with Gasteiger partial charge in [0, 0.05) is 33.0 Å². The number of hydrogen-bond acceptors (Lipinski definition) is 4. The Morgan fingerprint density at radius 1 is 0.500 bits per heavy atom. The van der Waals surface area contributed by atoms with Crippen LogP contribution in [0.2, 0.25) is 0 Å². The fourth-order valence-corrected chi connectivity index (χ4v) is 4.37. The summed E-state index contributed by atoms with van der Waals surface area (Å²) in [7, 11) is 0. The van der Waals surface area contributed by atoms with Gasteiger partial charge in [-0.25, -0.2) is 0 Å². The van der Waals surface area contributed by atoms with Crippen LogP contribution in [0.25, 0.3) is 0 Å². The topological polar surface area (TPSA) is 36.9 Å². The van der Waals surface area contributed by atoms with Crippen molar-refractivity contribution in [3.05, 3.63) is 0 Å². The van der Waals surface area contributed by atoms with Gasteiger partial charge in [-0.3, -0.25) is 0 Å². The molecule has 0 amide bonds. The molecule has 170 valence electrons. The molecule has 1 unspecified atom stereocenters. The van der Waals surface area contributed by atoms with E-state index in [1.54, 1.807) is 0 Å². The van der Waals surface area contributed by atoms with Crippen molar-refractivity contribution in [3.8, 4) is 0 Å². The summed E-state index contributed by atoms with van der Waals surface area (Å²) in [6, 6.07) is 0. The Bertz CT molecular complexity index is 318. The highest BCUT2D eigenvalue weighted by molar-refractivity contribution is 4.89. The van der Waals surface area contributed by atoms with Gasteiger partial charge in [-0.1, -0.05) is 58.8 Å². The predicted molar refractivity (Wildman–Crippen MR) is 119 cm³/mol. The van der Waals surface area contributed by atoms with E-state index in [2.05, 4.69) is 20.8 Å². The first-order chi connectivity index (χ1) is 13.6. The molecule has 0 fully saturated rings. The zero-order valence-corrected chi connectivity index (χ0v) is 19.9. The van der Waals surface area contributed by atoms with Gasteiger partial charge < -0.3 is 18.9 Å². The van der Waals surface area contributed by atoms with Crippen molar-refractivity contribution in [1.82, 2.24) is 0 Å². The van der Waals surface area contributed by atoms with E-state index in [1.165, 1.54) is 38.5 Å². The van der Waals surface area contributed by atoms with E-state index in [1.807, 2.05) is 20.8 Å².